The van der Waals surface area contributed by atoms with Gasteiger partial charge < -0.3 is 14.8 Å². The summed E-state index contributed by atoms with van der Waals surface area (Å²) < 4.78 is 11.0. The molecule has 0 saturated carbocycles. The fourth-order valence-electron chi connectivity index (χ4n) is 2.60. The number of rotatable bonds is 7. The third-order valence-corrected chi connectivity index (χ3v) is 3.83. The minimum Gasteiger partial charge on any atom is -0.491 e. The highest BCUT2D eigenvalue weighted by atomic mass is 16.5. The van der Waals surface area contributed by atoms with Crippen molar-refractivity contribution in [2.24, 2.45) is 0 Å². The summed E-state index contributed by atoms with van der Waals surface area (Å²) in [6.45, 7) is 0.734. The Labute approximate surface area is 152 Å². The predicted molar refractivity (Wildman–Crippen MR) is 100 cm³/mol. The summed E-state index contributed by atoms with van der Waals surface area (Å²) in [4.78, 5) is 16.3. The van der Waals surface area contributed by atoms with Crippen molar-refractivity contribution in [3.05, 3.63) is 78.5 Å². The second-order valence-electron chi connectivity index (χ2n) is 5.53. The Kier molecular flexibility index (Phi) is 5.83. The van der Waals surface area contributed by atoms with E-state index in [1.165, 1.54) is 7.11 Å². The molecule has 0 bridgehead atoms. The van der Waals surface area contributed by atoms with Crippen LogP contribution in [0.2, 0.25) is 0 Å². The standard InChI is InChI=1S/C21H20N2O3/c1-25-21-18(11-7-13-23-21)20(24)22-14-15-26-19-12-6-5-10-17(19)16-8-3-2-4-9-16/h2-13H,14-15H2,1H3,(H,22,24). The highest BCUT2D eigenvalue weighted by Crippen LogP contribution is 2.29. The van der Waals surface area contributed by atoms with Crippen molar-refractivity contribution in [3.63, 3.8) is 0 Å². The van der Waals surface area contributed by atoms with E-state index >= 15 is 0 Å². The van der Waals surface area contributed by atoms with Crippen molar-refractivity contribution in [1.29, 1.82) is 0 Å². The molecule has 132 valence electrons. The van der Waals surface area contributed by atoms with Crippen molar-refractivity contribution in [2.45, 2.75) is 0 Å². The minimum atomic E-state index is -0.241. The molecular formula is C21H20N2O3. The fourth-order valence-corrected chi connectivity index (χ4v) is 2.60. The first kappa shape index (κ1) is 17.5. The molecule has 3 rings (SSSR count). The van der Waals surface area contributed by atoms with Gasteiger partial charge in [-0.25, -0.2) is 4.98 Å². The van der Waals surface area contributed by atoms with Crippen LogP contribution in [-0.2, 0) is 0 Å². The summed E-state index contributed by atoms with van der Waals surface area (Å²) in [5.41, 5.74) is 2.51. The molecule has 0 atom stereocenters. The predicted octanol–water partition coefficient (Wildman–Crippen LogP) is 3.57. The number of nitrogens with one attached hydrogen (secondary N) is 1. The van der Waals surface area contributed by atoms with Crippen LogP contribution in [0.5, 0.6) is 11.6 Å². The van der Waals surface area contributed by atoms with Gasteiger partial charge in [0.25, 0.3) is 5.91 Å². The first-order valence-corrected chi connectivity index (χ1v) is 8.34. The molecule has 5 heteroatoms. The lowest BCUT2D eigenvalue weighted by molar-refractivity contribution is 0.0943. The molecule has 0 radical (unpaired) electrons. The number of benzene rings is 2. The van der Waals surface area contributed by atoms with Gasteiger partial charge in [0.1, 0.15) is 17.9 Å². The van der Waals surface area contributed by atoms with Gasteiger partial charge >= 0.3 is 0 Å². The Bertz CT molecular complexity index is 866. The van der Waals surface area contributed by atoms with Gasteiger partial charge in [-0.15, -0.1) is 0 Å². The molecule has 0 saturated heterocycles. The molecule has 1 amide bonds. The van der Waals surface area contributed by atoms with E-state index in [0.717, 1.165) is 16.9 Å². The van der Waals surface area contributed by atoms with E-state index in [1.807, 2.05) is 54.6 Å². The highest BCUT2D eigenvalue weighted by molar-refractivity contribution is 5.96. The van der Waals surface area contributed by atoms with Crippen LogP contribution in [0.1, 0.15) is 10.4 Å². The van der Waals surface area contributed by atoms with Gasteiger partial charge in [-0.1, -0.05) is 48.5 Å². The molecule has 0 fully saturated rings. The number of carbonyl (C=O) groups is 1. The lowest BCUT2D eigenvalue weighted by Crippen LogP contribution is -2.28. The van der Waals surface area contributed by atoms with Crippen LogP contribution in [0.25, 0.3) is 11.1 Å². The number of carbonyl (C=O) groups excluding carboxylic acids is 1. The Morgan fingerprint density at radius 3 is 2.58 bits per heavy atom. The van der Waals surface area contributed by atoms with Crippen LogP contribution < -0.4 is 14.8 Å². The van der Waals surface area contributed by atoms with Gasteiger partial charge in [0.2, 0.25) is 5.88 Å². The van der Waals surface area contributed by atoms with Crippen molar-refractivity contribution in [3.8, 4) is 22.8 Å². The summed E-state index contributed by atoms with van der Waals surface area (Å²) in [6.07, 6.45) is 1.58. The van der Waals surface area contributed by atoms with E-state index in [-0.39, 0.29) is 5.91 Å². The number of para-hydroxylation sites is 1. The summed E-state index contributed by atoms with van der Waals surface area (Å²) in [5.74, 6) is 0.849. The van der Waals surface area contributed by atoms with E-state index in [0.29, 0.717) is 24.6 Å². The second kappa shape index (κ2) is 8.67. The Balaban J connectivity index is 1.59. The smallest absolute Gasteiger partial charge is 0.256 e. The lowest BCUT2D eigenvalue weighted by Gasteiger charge is -2.12. The zero-order valence-electron chi connectivity index (χ0n) is 14.5. The summed E-state index contributed by atoms with van der Waals surface area (Å²) in [7, 11) is 1.49. The lowest BCUT2D eigenvalue weighted by atomic mass is 10.1. The van der Waals surface area contributed by atoms with Crippen molar-refractivity contribution in [1.82, 2.24) is 10.3 Å². The van der Waals surface area contributed by atoms with E-state index in [4.69, 9.17) is 9.47 Å². The van der Waals surface area contributed by atoms with Crippen molar-refractivity contribution >= 4 is 5.91 Å². The molecule has 3 aromatic rings. The highest BCUT2D eigenvalue weighted by Gasteiger charge is 2.12. The average molecular weight is 348 g/mol. The number of amides is 1. The van der Waals surface area contributed by atoms with Crippen molar-refractivity contribution in [2.75, 3.05) is 20.3 Å². The second-order valence-corrected chi connectivity index (χ2v) is 5.53. The fraction of sp³-hybridized carbons (Fsp3) is 0.143. The van der Waals surface area contributed by atoms with E-state index in [2.05, 4.69) is 10.3 Å². The molecule has 1 heterocycles. The number of aromatic nitrogens is 1. The first-order chi connectivity index (χ1) is 12.8. The van der Waals surface area contributed by atoms with Crippen LogP contribution in [0.3, 0.4) is 0 Å². The quantitative estimate of drug-likeness (QED) is 0.663. The molecule has 1 aromatic heterocycles. The van der Waals surface area contributed by atoms with Crippen LogP contribution in [0.15, 0.2) is 72.9 Å². The Hall–Kier alpha value is -3.34. The van der Waals surface area contributed by atoms with E-state index < -0.39 is 0 Å². The summed E-state index contributed by atoms with van der Waals surface area (Å²) in [6, 6.07) is 21.3. The largest absolute Gasteiger partial charge is 0.491 e. The number of ether oxygens (including phenoxy) is 2. The maximum atomic E-state index is 12.2. The van der Waals surface area contributed by atoms with E-state index in [1.54, 1.807) is 18.3 Å². The molecule has 0 unspecified atom stereocenters. The molecule has 2 aromatic carbocycles. The van der Waals surface area contributed by atoms with Crippen LogP contribution in [-0.4, -0.2) is 31.2 Å². The van der Waals surface area contributed by atoms with Gasteiger partial charge in [0, 0.05) is 11.8 Å². The number of hydrogen-bond donors (Lipinski definition) is 1. The van der Waals surface area contributed by atoms with Gasteiger partial charge in [0.15, 0.2) is 0 Å². The molecule has 5 nitrogen and oxygen atoms in total. The topological polar surface area (TPSA) is 60.5 Å². The van der Waals surface area contributed by atoms with Gasteiger partial charge in [-0.05, 0) is 23.8 Å². The van der Waals surface area contributed by atoms with Crippen LogP contribution >= 0.6 is 0 Å². The number of methoxy groups -OCH3 is 1. The zero-order chi connectivity index (χ0) is 18.2. The number of pyridine rings is 1. The Morgan fingerprint density at radius 2 is 1.77 bits per heavy atom. The van der Waals surface area contributed by atoms with Crippen molar-refractivity contribution < 1.29 is 14.3 Å². The normalized spacial score (nSPS) is 10.2. The number of nitrogens with zero attached hydrogens (tertiary/aromatic N) is 1. The van der Waals surface area contributed by atoms with Gasteiger partial charge in [-0.2, -0.15) is 0 Å². The molecule has 0 aliphatic rings. The third kappa shape index (κ3) is 4.19. The number of hydrogen-bond acceptors (Lipinski definition) is 4. The monoisotopic (exact) mass is 348 g/mol. The molecule has 1 N–H and O–H groups in total. The van der Waals surface area contributed by atoms with Crippen LogP contribution in [0.4, 0.5) is 0 Å². The minimum absolute atomic E-state index is 0.241. The van der Waals surface area contributed by atoms with Gasteiger partial charge in [-0.3, -0.25) is 4.79 Å². The SMILES string of the molecule is COc1ncccc1C(=O)NCCOc1ccccc1-c1ccccc1. The third-order valence-electron chi connectivity index (χ3n) is 3.83. The first-order valence-electron chi connectivity index (χ1n) is 8.34. The molecule has 0 aliphatic carbocycles. The Morgan fingerprint density at radius 1 is 1.00 bits per heavy atom. The zero-order valence-corrected chi connectivity index (χ0v) is 14.5. The average Bonchev–Trinajstić information content (AvgIpc) is 2.72. The maximum absolute atomic E-state index is 12.2. The summed E-state index contributed by atoms with van der Waals surface area (Å²) >= 11 is 0. The van der Waals surface area contributed by atoms with E-state index in [9.17, 15) is 4.79 Å². The molecule has 0 spiro atoms. The van der Waals surface area contributed by atoms with Gasteiger partial charge in [0.05, 0.1) is 13.7 Å². The molecule has 0 aliphatic heterocycles. The molecule has 26 heavy (non-hydrogen) atoms. The summed E-state index contributed by atoms with van der Waals surface area (Å²) in [5, 5.41) is 2.82. The van der Waals surface area contributed by atoms with Crippen LogP contribution in [0, 0.1) is 0 Å². The maximum Gasteiger partial charge on any atom is 0.256 e. The molecular weight excluding hydrogens is 328 g/mol.